The summed E-state index contributed by atoms with van der Waals surface area (Å²) < 4.78 is 0. The van der Waals surface area contributed by atoms with Crippen molar-refractivity contribution in [1.29, 1.82) is 0 Å². The molecular formula is C14H12N2O3. The molecule has 0 heterocycles. The van der Waals surface area contributed by atoms with E-state index in [1.54, 1.807) is 30.3 Å². The number of carboxylic acids is 1. The van der Waals surface area contributed by atoms with Gasteiger partial charge in [-0.1, -0.05) is 18.2 Å². The molecule has 0 aromatic heterocycles. The van der Waals surface area contributed by atoms with Gasteiger partial charge < -0.3 is 16.2 Å². The second-order valence-electron chi connectivity index (χ2n) is 3.93. The van der Waals surface area contributed by atoms with Gasteiger partial charge in [0, 0.05) is 11.3 Å². The largest absolute Gasteiger partial charge is 0.478 e. The van der Waals surface area contributed by atoms with E-state index in [0.717, 1.165) is 0 Å². The van der Waals surface area contributed by atoms with Crippen LogP contribution in [0.5, 0.6) is 0 Å². The number of nitrogens with one attached hydrogen (secondary N) is 1. The number of amides is 1. The van der Waals surface area contributed by atoms with E-state index < -0.39 is 5.97 Å². The number of benzene rings is 2. The molecule has 0 aliphatic rings. The van der Waals surface area contributed by atoms with Crippen LogP contribution in [0.3, 0.4) is 0 Å². The van der Waals surface area contributed by atoms with Crippen molar-refractivity contribution in [3.05, 3.63) is 59.7 Å². The van der Waals surface area contributed by atoms with E-state index in [1.165, 1.54) is 18.2 Å². The Morgan fingerprint density at radius 3 is 2.37 bits per heavy atom. The van der Waals surface area contributed by atoms with E-state index in [1.807, 2.05) is 0 Å². The van der Waals surface area contributed by atoms with Crippen molar-refractivity contribution in [3.8, 4) is 0 Å². The summed E-state index contributed by atoms with van der Waals surface area (Å²) in [6.45, 7) is 0. The van der Waals surface area contributed by atoms with Gasteiger partial charge in [-0.2, -0.15) is 0 Å². The van der Waals surface area contributed by atoms with Crippen LogP contribution in [0.4, 0.5) is 11.4 Å². The molecule has 5 heteroatoms. The van der Waals surface area contributed by atoms with E-state index in [2.05, 4.69) is 5.32 Å². The molecule has 96 valence electrons. The molecule has 0 bridgehead atoms. The fraction of sp³-hybridized carbons (Fsp3) is 0. The van der Waals surface area contributed by atoms with Gasteiger partial charge in [-0.25, -0.2) is 4.79 Å². The first-order valence-electron chi connectivity index (χ1n) is 5.57. The molecule has 0 unspecified atom stereocenters. The third-order valence-corrected chi connectivity index (χ3v) is 2.56. The van der Waals surface area contributed by atoms with E-state index in [0.29, 0.717) is 11.3 Å². The lowest BCUT2D eigenvalue weighted by Crippen LogP contribution is -2.14. The molecular weight excluding hydrogens is 244 g/mol. The third-order valence-electron chi connectivity index (χ3n) is 2.56. The fourth-order valence-electron chi connectivity index (χ4n) is 1.63. The van der Waals surface area contributed by atoms with Crippen molar-refractivity contribution in [1.82, 2.24) is 0 Å². The predicted octanol–water partition coefficient (Wildman–Crippen LogP) is 2.22. The number of carboxylic acid groups (broad SMARTS) is 1. The number of nitrogen functional groups attached to an aromatic ring is 1. The summed E-state index contributed by atoms with van der Waals surface area (Å²) in [5.41, 5.74) is 6.49. The van der Waals surface area contributed by atoms with Crippen LogP contribution < -0.4 is 11.1 Å². The van der Waals surface area contributed by atoms with Gasteiger partial charge in [0.2, 0.25) is 0 Å². The van der Waals surface area contributed by atoms with Crippen LogP contribution in [0.15, 0.2) is 48.5 Å². The minimum absolute atomic E-state index is 0.0377. The average Bonchev–Trinajstić information content (AvgIpc) is 2.41. The summed E-state index contributed by atoms with van der Waals surface area (Å²) >= 11 is 0. The zero-order valence-corrected chi connectivity index (χ0v) is 9.96. The molecule has 0 aliphatic heterocycles. The van der Waals surface area contributed by atoms with Crippen molar-refractivity contribution in [2.24, 2.45) is 0 Å². The molecule has 2 aromatic rings. The van der Waals surface area contributed by atoms with Crippen molar-refractivity contribution in [3.63, 3.8) is 0 Å². The van der Waals surface area contributed by atoms with Gasteiger partial charge in [0.25, 0.3) is 5.91 Å². The Bertz CT molecular complexity index is 624. The maximum Gasteiger partial charge on any atom is 0.337 e. The number of carbonyl (C=O) groups is 2. The zero-order valence-electron chi connectivity index (χ0n) is 9.96. The van der Waals surface area contributed by atoms with Gasteiger partial charge in [0.05, 0.1) is 11.3 Å². The normalized spacial score (nSPS) is 9.89. The van der Waals surface area contributed by atoms with Crippen LogP contribution in [0.1, 0.15) is 20.7 Å². The molecule has 0 radical (unpaired) electrons. The minimum atomic E-state index is -1.14. The van der Waals surface area contributed by atoms with Crippen molar-refractivity contribution in [2.45, 2.75) is 0 Å². The van der Waals surface area contributed by atoms with Crippen LogP contribution in [-0.4, -0.2) is 17.0 Å². The standard InChI is InChI=1S/C14H12N2O3/c15-10-6-7-12(11(8-10)14(18)19)16-13(17)9-4-2-1-3-5-9/h1-8H,15H2,(H,16,17)(H,18,19). The quantitative estimate of drug-likeness (QED) is 0.734. The predicted molar refractivity (Wildman–Crippen MR) is 72.2 cm³/mol. The van der Waals surface area contributed by atoms with Crippen LogP contribution in [0, 0.1) is 0 Å². The van der Waals surface area contributed by atoms with Crippen molar-refractivity contribution in [2.75, 3.05) is 11.1 Å². The number of nitrogens with two attached hydrogens (primary N) is 1. The highest BCUT2D eigenvalue weighted by Gasteiger charge is 2.13. The topological polar surface area (TPSA) is 92.4 Å². The number of carbonyl (C=O) groups excluding carboxylic acids is 1. The minimum Gasteiger partial charge on any atom is -0.478 e. The summed E-state index contributed by atoms with van der Waals surface area (Å²) in [5.74, 6) is -1.51. The van der Waals surface area contributed by atoms with Crippen LogP contribution in [-0.2, 0) is 0 Å². The molecule has 0 atom stereocenters. The van der Waals surface area contributed by atoms with Crippen LogP contribution in [0.25, 0.3) is 0 Å². The SMILES string of the molecule is Nc1ccc(NC(=O)c2ccccc2)c(C(=O)O)c1. The first-order valence-corrected chi connectivity index (χ1v) is 5.57. The third kappa shape index (κ3) is 2.90. The van der Waals surface area contributed by atoms with Gasteiger partial charge in [-0.3, -0.25) is 4.79 Å². The Kier molecular flexibility index (Phi) is 3.47. The Balaban J connectivity index is 2.29. The second kappa shape index (κ2) is 5.22. The molecule has 1 amide bonds. The van der Waals surface area contributed by atoms with Gasteiger partial charge in [-0.15, -0.1) is 0 Å². The summed E-state index contributed by atoms with van der Waals surface area (Å²) in [4.78, 5) is 23.0. The Morgan fingerprint density at radius 1 is 1.05 bits per heavy atom. The molecule has 0 saturated carbocycles. The number of hydrogen-bond acceptors (Lipinski definition) is 3. The van der Waals surface area contributed by atoms with Crippen molar-refractivity contribution < 1.29 is 14.7 Å². The molecule has 19 heavy (non-hydrogen) atoms. The summed E-state index contributed by atoms with van der Waals surface area (Å²) in [7, 11) is 0. The Labute approximate surface area is 109 Å². The van der Waals surface area contributed by atoms with E-state index in [9.17, 15) is 9.59 Å². The van der Waals surface area contributed by atoms with Crippen molar-refractivity contribution >= 4 is 23.3 Å². The smallest absolute Gasteiger partial charge is 0.337 e. The molecule has 2 rings (SSSR count). The molecule has 0 aliphatic carbocycles. The molecule has 5 nitrogen and oxygen atoms in total. The first-order chi connectivity index (χ1) is 9.08. The van der Waals surface area contributed by atoms with Gasteiger partial charge in [0.15, 0.2) is 0 Å². The molecule has 4 N–H and O–H groups in total. The number of rotatable bonds is 3. The summed E-state index contributed by atoms with van der Waals surface area (Å²) in [5, 5.41) is 11.6. The highest BCUT2D eigenvalue weighted by Crippen LogP contribution is 2.19. The number of aromatic carboxylic acids is 1. The average molecular weight is 256 g/mol. The lowest BCUT2D eigenvalue weighted by molar-refractivity contribution is 0.0698. The van der Waals surface area contributed by atoms with Crippen LogP contribution in [0.2, 0.25) is 0 Å². The fourth-order valence-corrected chi connectivity index (χ4v) is 1.63. The van der Waals surface area contributed by atoms with E-state index in [-0.39, 0.29) is 17.2 Å². The zero-order chi connectivity index (χ0) is 13.8. The molecule has 0 fully saturated rings. The first kappa shape index (κ1) is 12.6. The van der Waals surface area contributed by atoms with Crippen LogP contribution >= 0.6 is 0 Å². The van der Waals surface area contributed by atoms with E-state index >= 15 is 0 Å². The molecule has 2 aromatic carbocycles. The van der Waals surface area contributed by atoms with E-state index in [4.69, 9.17) is 10.8 Å². The van der Waals surface area contributed by atoms with Gasteiger partial charge in [-0.05, 0) is 30.3 Å². The molecule has 0 saturated heterocycles. The Morgan fingerprint density at radius 2 is 1.74 bits per heavy atom. The lowest BCUT2D eigenvalue weighted by Gasteiger charge is -2.09. The highest BCUT2D eigenvalue weighted by molar-refractivity contribution is 6.08. The highest BCUT2D eigenvalue weighted by atomic mass is 16.4. The van der Waals surface area contributed by atoms with Gasteiger partial charge in [0.1, 0.15) is 0 Å². The van der Waals surface area contributed by atoms with Gasteiger partial charge >= 0.3 is 5.97 Å². The Hall–Kier alpha value is -2.82. The summed E-state index contributed by atoms with van der Waals surface area (Å²) in [6, 6.07) is 12.9. The second-order valence-corrected chi connectivity index (χ2v) is 3.93. The monoisotopic (exact) mass is 256 g/mol. The summed E-state index contributed by atoms with van der Waals surface area (Å²) in [6.07, 6.45) is 0. The number of hydrogen-bond donors (Lipinski definition) is 3. The maximum absolute atomic E-state index is 11.9. The molecule has 0 spiro atoms. The lowest BCUT2D eigenvalue weighted by atomic mass is 10.1. The maximum atomic E-state index is 11.9. The number of anilines is 2.